The van der Waals surface area contributed by atoms with Crippen LogP contribution in [0.4, 0.5) is 4.39 Å². The summed E-state index contributed by atoms with van der Waals surface area (Å²) in [5.74, 6) is -0.399. The first-order chi connectivity index (χ1) is 8.56. The lowest BCUT2D eigenvalue weighted by molar-refractivity contribution is 0.0304. The Labute approximate surface area is 111 Å². The van der Waals surface area contributed by atoms with Gasteiger partial charge in [-0.05, 0) is 31.0 Å². The summed E-state index contributed by atoms with van der Waals surface area (Å²) in [6.45, 7) is 3.29. The summed E-state index contributed by atoms with van der Waals surface area (Å²) in [7, 11) is 0. The zero-order chi connectivity index (χ0) is 13.1. The molecule has 0 aliphatic carbocycles. The fourth-order valence-corrected chi connectivity index (χ4v) is 2.48. The number of rotatable bonds is 3. The molecule has 1 fully saturated rings. The maximum Gasteiger partial charge on any atom is 0.124 e. The standard InChI is InChI=1S/C13H17ClFNO2/c1-8-6-18-7-10(16-8)5-13(17)11-3-2-9(15)4-12(11)14/h2-4,8,10,13,16-17H,5-7H2,1H3. The van der Waals surface area contributed by atoms with Crippen LogP contribution in [0.2, 0.25) is 5.02 Å². The summed E-state index contributed by atoms with van der Waals surface area (Å²) in [6.07, 6.45) is -0.222. The molecule has 1 aromatic carbocycles. The van der Waals surface area contributed by atoms with Crippen molar-refractivity contribution in [1.82, 2.24) is 5.32 Å². The van der Waals surface area contributed by atoms with Crippen molar-refractivity contribution in [2.75, 3.05) is 13.2 Å². The second-order valence-corrected chi connectivity index (χ2v) is 5.13. The third-order valence-corrected chi connectivity index (χ3v) is 3.36. The molecule has 5 heteroatoms. The van der Waals surface area contributed by atoms with E-state index in [1.54, 1.807) is 0 Å². The number of aliphatic hydroxyl groups is 1. The fourth-order valence-electron chi connectivity index (χ4n) is 2.19. The third kappa shape index (κ3) is 3.42. The summed E-state index contributed by atoms with van der Waals surface area (Å²) in [4.78, 5) is 0. The van der Waals surface area contributed by atoms with E-state index >= 15 is 0 Å². The molecule has 0 aromatic heterocycles. The third-order valence-electron chi connectivity index (χ3n) is 3.04. The average Bonchev–Trinajstić information content (AvgIpc) is 2.28. The maximum atomic E-state index is 12.9. The van der Waals surface area contributed by atoms with Crippen molar-refractivity contribution in [3.05, 3.63) is 34.6 Å². The van der Waals surface area contributed by atoms with Gasteiger partial charge in [0.25, 0.3) is 0 Å². The van der Waals surface area contributed by atoms with E-state index in [0.29, 0.717) is 25.2 Å². The van der Waals surface area contributed by atoms with E-state index in [1.165, 1.54) is 18.2 Å². The maximum absolute atomic E-state index is 12.9. The van der Waals surface area contributed by atoms with Gasteiger partial charge in [0.05, 0.1) is 19.3 Å². The Morgan fingerprint density at radius 2 is 2.33 bits per heavy atom. The Bertz CT molecular complexity index is 416. The molecule has 18 heavy (non-hydrogen) atoms. The lowest BCUT2D eigenvalue weighted by atomic mass is 10.0. The number of morpholine rings is 1. The smallest absolute Gasteiger partial charge is 0.124 e. The highest BCUT2D eigenvalue weighted by molar-refractivity contribution is 6.31. The van der Waals surface area contributed by atoms with Crippen LogP contribution in [0.25, 0.3) is 0 Å². The van der Waals surface area contributed by atoms with Crippen LogP contribution >= 0.6 is 11.6 Å². The van der Waals surface area contributed by atoms with Crippen molar-refractivity contribution >= 4 is 11.6 Å². The van der Waals surface area contributed by atoms with Gasteiger partial charge in [0.1, 0.15) is 5.82 Å². The van der Waals surface area contributed by atoms with Crippen LogP contribution in [0.3, 0.4) is 0 Å². The molecule has 3 nitrogen and oxygen atoms in total. The molecule has 1 aliphatic rings. The van der Waals surface area contributed by atoms with Gasteiger partial charge in [-0.3, -0.25) is 0 Å². The van der Waals surface area contributed by atoms with Gasteiger partial charge >= 0.3 is 0 Å². The van der Waals surface area contributed by atoms with Crippen LogP contribution in [0, 0.1) is 5.82 Å². The van der Waals surface area contributed by atoms with Crippen molar-refractivity contribution in [3.63, 3.8) is 0 Å². The van der Waals surface area contributed by atoms with Gasteiger partial charge in [-0.2, -0.15) is 0 Å². The molecule has 1 heterocycles. The van der Waals surface area contributed by atoms with Crippen LogP contribution < -0.4 is 5.32 Å². The Morgan fingerprint density at radius 1 is 1.56 bits per heavy atom. The van der Waals surface area contributed by atoms with Gasteiger partial charge in [0, 0.05) is 17.1 Å². The first-order valence-corrected chi connectivity index (χ1v) is 6.41. The van der Waals surface area contributed by atoms with Crippen LogP contribution in [-0.2, 0) is 4.74 Å². The molecule has 2 N–H and O–H groups in total. The number of hydrogen-bond acceptors (Lipinski definition) is 3. The van der Waals surface area contributed by atoms with Crippen LogP contribution in [0.1, 0.15) is 25.0 Å². The highest BCUT2D eigenvalue weighted by Crippen LogP contribution is 2.27. The first kappa shape index (κ1) is 13.7. The van der Waals surface area contributed by atoms with E-state index in [9.17, 15) is 9.50 Å². The van der Waals surface area contributed by atoms with Crippen molar-refractivity contribution in [3.8, 4) is 0 Å². The van der Waals surface area contributed by atoms with E-state index in [4.69, 9.17) is 16.3 Å². The monoisotopic (exact) mass is 273 g/mol. The predicted molar refractivity (Wildman–Crippen MR) is 68.2 cm³/mol. The fraction of sp³-hybridized carbons (Fsp3) is 0.538. The minimum Gasteiger partial charge on any atom is -0.388 e. The Morgan fingerprint density at radius 3 is 3.00 bits per heavy atom. The summed E-state index contributed by atoms with van der Waals surface area (Å²) in [5, 5.41) is 13.7. The van der Waals surface area contributed by atoms with Crippen molar-refractivity contribution < 1.29 is 14.2 Å². The van der Waals surface area contributed by atoms with E-state index in [1.807, 2.05) is 6.92 Å². The molecule has 3 atom stereocenters. The Hall–Kier alpha value is -0.680. The predicted octanol–water partition coefficient (Wildman–Crippen LogP) is 2.28. The minimum atomic E-state index is -0.718. The summed E-state index contributed by atoms with van der Waals surface area (Å²) < 4.78 is 18.3. The number of benzene rings is 1. The van der Waals surface area contributed by atoms with Crippen molar-refractivity contribution in [2.45, 2.75) is 31.5 Å². The Balaban J connectivity index is 2.00. The number of ether oxygens (including phenoxy) is 1. The lowest BCUT2D eigenvalue weighted by Gasteiger charge is -2.30. The molecule has 1 aromatic rings. The summed E-state index contributed by atoms with van der Waals surface area (Å²) >= 11 is 5.92. The van der Waals surface area contributed by atoms with E-state index in [-0.39, 0.29) is 17.1 Å². The lowest BCUT2D eigenvalue weighted by Crippen LogP contribution is -2.47. The molecule has 1 aliphatic heterocycles. The number of hydrogen-bond donors (Lipinski definition) is 2. The number of aliphatic hydroxyl groups excluding tert-OH is 1. The van der Waals surface area contributed by atoms with Gasteiger partial charge in [-0.25, -0.2) is 4.39 Å². The zero-order valence-corrected chi connectivity index (χ0v) is 11.0. The van der Waals surface area contributed by atoms with Crippen LogP contribution in [-0.4, -0.2) is 30.4 Å². The highest BCUT2D eigenvalue weighted by atomic mass is 35.5. The first-order valence-electron chi connectivity index (χ1n) is 6.03. The molecule has 0 spiro atoms. The molecule has 0 saturated carbocycles. The SMILES string of the molecule is CC1COCC(CC(O)c2ccc(F)cc2Cl)N1. The van der Waals surface area contributed by atoms with Gasteiger partial charge in [0.2, 0.25) is 0 Å². The van der Waals surface area contributed by atoms with E-state index < -0.39 is 11.9 Å². The van der Waals surface area contributed by atoms with Gasteiger partial charge in [-0.15, -0.1) is 0 Å². The minimum absolute atomic E-state index is 0.0878. The largest absolute Gasteiger partial charge is 0.388 e. The Kier molecular flexibility index (Phi) is 4.56. The second kappa shape index (κ2) is 5.97. The topological polar surface area (TPSA) is 41.5 Å². The highest BCUT2D eigenvalue weighted by Gasteiger charge is 2.23. The molecule has 2 rings (SSSR count). The van der Waals surface area contributed by atoms with Crippen LogP contribution in [0.15, 0.2) is 18.2 Å². The summed E-state index contributed by atoms with van der Waals surface area (Å²) in [6, 6.07) is 4.41. The number of halogens is 2. The molecule has 100 valence electrons. The average molecular weight is 274 g/mol. The van der Waals surface area contributed by atoms with Gasteiger partial charge in [0.15, 0.2) is 0 Å². The summed E-state index contributed by atoms with van der Waals surface area (Å²) in [5.41, 5.74) is 0.554. The molecular formula is C13H17ClFNO2. The van der Waals surface area contributed by atoms with Crippen LogP contribution in [0.5, 0.6) is 0 Å². The van der Waals surface area contributed by atoms with Gasteiger partial charge in [-0.1, -0.05) is 17.7 Å². The second-order valence-electron chi connectivity index (χ2n) is 4.72. The number of nitrogens with one attached hydrogen (secondary N) is 1. The van der Waals surface area contributed by atoms with E-state index in [0.717, 1.165) is 0 Å². The van der Waals surface area contributed by atoms with Crippen molar-refractivity contribution in [2.24, 2.45) is 0 Å². The molecule has 3 unspecified atom stereocenters. The quantitative estimate of drug-likeness (QED) is 0.888. The van der Waals surface area contributed by atoms with Gasteiger partial charge < -0.3 is 15.2 Å². The molecule has 0 radical (unpaired) electrons. The van der Waals surface area contributed by atoms with Crippen molar-refractivity contribution in [1.29, 1.82) is 0 Å². The molecule has 0 amide bonds. The zero-order valence-electron chi connectivity index (χ0n) is 10.2. The molecular weight excluding hydrogens is 257 g/mol. The normalized spacial score (nSPS) is 26.0. The molecule has 0 bridgehead atoms. The molecule has 1 saturated heterocycles. The van der Waals surface area contributed by atoms with E-state index in [2.05, 4.69) is 5.32 Å².